The van der Waals surface area contributed by atoms with Crippen LogP contribution in [0.2, 0.25) is 0 Å². The molecule has 1 aliphatic heterocycles. The summed E-state index contributed by atoms with van der Waals surface area (Å²) < 4.78 is 5.58. The number of nitrogens with zero attached hydrogens (tertiary/aromatic N) is 4. The molecule has 1 aliphatic rings. The first-order valence-electron chi connectivity index (χ1n) is 8.63. The monoisotopic (exact) mass is 372 g/mol. The van der Waals surface area contributed by atoms with E-state index in [4.69, 9.17) is 4.74 Å². The summed E-state index contributed by atoms with van der Waals surface area (Å²) in [7, 11) is 0. The predicted octanol–water partition coefficient (Wildman–Crippen LogP) is 2.70. The lowest BCUT2D eigenvalue weighted by atomic mass is 10.2. The van der Waals surface area contributed by atoms with Gasteiger partial charge in [-0.15, -0.1) is 0 Å². The molecule has 0 amide bonds. The molecule has 0 unspecified atom stereocenters. The molecule has 0 N–H and O–H groups in total. The Balaban J connectivity index is 1.51. The molecule has 0 bridgehead atoms. The standard InChI is InChI=1S/C18H20N4O5/c23-21(24)16-6-2-1-5-15(16)20-11-9-19(10-12-20)13-14-27-18-8-4-3-7-17(18)22(25)26/h1-8H,9-14H2. The molecule has 1 saturated heterocycles. The smallest absolute Gasteiger partial charge is 0.310 e. The summed E-state index contributed by atoms with van der Waals surface area (Å²) in [5.74, 6) is 0.265. The van der Waals surface area contributed by atoms with Gasteiger partial charge in [0.1, 0.15) is 12.3 Å². The number of piperazine rings is 1. The highest BCUT2D eigenvalue weighted by Crippen LogP contribution is 2.28. The van der Waals surface area contributed by atoms with E-state index < -0.39 is 4.92 Å². The summed E-state index contributed by atoms with van der Waals surface area (Å²) >= 11 is 0. The maximum atomic E-state index is 11.2. The number of hydrogen-bond acceptors (Lipinski definition) is 7. The van der Waals surface area contributed by atoms with Gasteiger partial charge in [0, 0.05) is 44.9 Å². The third kappa shape index (κ3) is 4.50. The zero-order valence-electron chi connectivity index (χ0n) is 14.7. The first-order chi connectivity index (χ1) is 13.1. The van der Waals surface area contributed by atoms with Crippen molar-refractivity contribution in [1.82, 2.24) is 4.90 Å². The van der Waals surface area contributed by atoms with Crippen LogP contribution in [0.3, 0.4) is 0 Å². The molecule has 9 nitrogen and oxygen atoms in total. The molecule has 9 heteroatoms. The van der Waals surface area contributed by atoms with Crippen LogP contribution in [0.4, 0.5) is 17.1 Å². The first-order valence-corrected chi connectivity index (χ1v) is 8.63. The highest BCUT2D eigenvalue weighted by molar-refractivity contribution is 5.63. The summed E-state index contributed by atoms with van der Waals surface area (Å²) in [6.07, 6.45) is 0. The zero-order chi connectivity index (χ0) is 19.2. The quantitative estimate of drug-likeness (QED) is 0.544. The Kier molecular flexibility index (Phi) is 5.82. The fraction of sp³-hybridized carbons (Fsp3) is 0.333. The van der Waals surface area contributed by atoms with Crippen molar-refractivity contribution in [3.8, 4) is 5.75 Å². The van der Waals surface area contributed by atoms with Gasteiger partial charge in [0.2, 0.25) is 0 Å². The van der Waals surface area contributed by atoms with Crippen LogP contribution >= 0.6 is 0 Å². The molecule has 0 radical (unpaired) electrons. The molecule has 1 fully saturated rings. The molecule has 0 saturated carbocycles. The Hall–Kier alpha value is -3.20. The molecule has 3 rings (SSSR count). The molecule has 0 spiro atoms. The van der Waals surface area contributed by atoms with Crippen molar-refractivity contribution in [3.63, 3.8) is 0 Å². The van der Waals surface area contributed by atoms with Crippen LogP contribution in [0, 0.1) is 20.2 Å². The van der Waals surface area contributed by atoms with Gasteiger partial charge in [-0.2, -0.15) is 0 Å². The maximum absolute atomic E-state index is 11.2. The van der Waals surface area contributed by atoms with Crippen LogP contribution in [0.25, 0.3) is 0 Å². The Bertz CT molecular complexity index is 818. The van der Waals surface area contributed by atoms with Crippen LogP contribution in [0.15, 0.2) is 48.5 Å². The van der Waals surface area contributed by atoms with E-state index in [1.165, 1.54) is 12.1 Å². The average Bonchev–Trinajstić information content (AvgIpc) is 2.69. The summed E-state index contributed by atoms with van der Waals surface area (Å²) in [6, 6.07) is 13.1. The molecule has 1 heterocycles. The van der Waals surface area contributed by atoms with E-state index in [9.17, 15) is 20.2 Å². The van der Waals surface area contributed by atoms with Crippen LogP contribution in [-0.2, 0) is 0 Å². The van der Waals surface area contributed by atoms with Gasteiger partial charge in [-0.1, -0.05) is 24.3 Å². The fourth-order valence-corrected chi connectivity index (χ4v) is 3.11. The summed E-state index contributed by atoms with van der Waals surface area (Å²) in [6.45, 7) is 3.82. The van der Waals surface area contributed by atoms with Crippen molar-refractivity contribution in [1.29, 1.82) is 0 Å². The predicted molar refractivity (Wildman–Crippen MR) is 100 cm³/mol. The SMILES string of the molecule is O=[N+]([O-])c1ccccc1OCCN1CCN(c2ccccc2[N+](=O)[O-])CC1. The Morgan fingerprint density at radius 3 is 2.11 bits per heavy atom. The maximum Gasteiger partial charge on any atom is 0.310 e. The third-order valence-electron chi connectivity index (χ3n) is 4.52. The van der Waals surface area contributed by atoms with E-state index in [0.717, 1.165) is 13.1 Å². The lowest BCUT2D eigenvalue weighted by Crippen LogP contribution is -2.47. The number of ether oxygens (including phenoxy) is 1. The lowest BCUT2D eigenvalue weighted by molar-refractivity contribution is -0.385. The van der Waals surface area contributed by atoms with Crippen LogP contribution in [-0.4, -0.2) is 54.1 Å². The van der Waals surface area contributed by atoms with Crippen LogP contribution in [0.1, 0.15) is 0 Å². The van der Waals surface area contributed by atoms with Crippen molar-refractivity contribution in [3.05, 3.63) is 68.8 Å². The van der Waals surface area contributed by atoms with Gasteiger partial charge < -0.3 is 9.64 Å². The topological polar surface area (TPSA) is 102 Å². The lowest BCUT2D eigenvalue weighted by Gasteiger charge is -2.35. The summed E-state index contributed by atoms with van der Waals surface area (Å²) in [5.41, 5.74) is 0.711. The van der Waals surface area contributed by atoms with Gasteiger partial charge in [0.15, 0.2) is 5.75 Å². The fourth-order valence-electron chi connectivity index (χ4n) is 3.11. The highest BCUT2D eigenvalue weighted by atomic mass is 16.6. The van der Waals surface area contributed by atoms with E-state index in [-0.39, 0.29) is 22.0 Å². The van der Waals surface area contributed by atoms with Gasteiger partial charge in [-0.05, 0) is 12.1 Å². The van der Waals surface area contributed by atoms with Gasteiger partial charge in [-0.25, -0.2) is 0 Å². The largest absolute Gasteiger partial charge is 0.485 e. The van der Waals surface area contributed by atoms with Gasteiger partial charge in [-0.3, -0.25) is 25.1 Å². The second-order valence-electron chi connectivity index (χ2n) is 6.15. The Labute approximate surface area is 156 Å². The van der Waals surface area contributed by atoms with Crippen molar-refractivity contribution < 1.29 is 14.6 Å². The molecular formula is C18H20N4O5. The minimum Gasteiger partial charge on any atom is -0.485 e. The summed E-state index contributed by atoms with van der Waals surface area (Å²) in [4.78, 5) is 25.6. The second-order valence-corrected chi connectivity index (χ2v) is 6.15. The Morgan fingerprint density at radius 1 is 0.852 bits per heavy atom. The zero-order valence-corrected chi connectivity index (χ0v) is 14.7. The summed E-state index contributed by atoms with van der Waals surface area (Å²) in [5, 5.41) is 22.2. The molecule has 27 heavy (non-hydrogen) atoms. The number of nitro groups is 2. The number of benzene rings is 2. The van der Waals surface area contributed by atoms with Crippen LogP contribution < -0.4 is 9.64 Å². The van der Waals surface area contributed by atoms with Gasteiger partial charge >= 0.3 is 5.69 Å². The number of hydrogen-bond donors (Lipinski definition) is 0. The number of nitro benzene ring substituents is 2. The van der Waals surface area contributed by atoms with E-state index >= 15 is 0 Å². The van der Waals surface area contributed by atoms with Gasteiger partial charge in [0.05, 0.1) is 9.85 Å². The van der Waals surface area contributed by atoms with Crippen molar-refractivity contribution in [2.24, 2.45) is 0 Å². The van der Waals surface area contributed by atoms with Gasteiger partial charge in [0.25, 0.3) is 5.69 Å². The highest BCUT2D eigenvalue weighted by Gasteiger charge is 2.23. The molecule has 0 atom stereocenters. The van der Waals surface area contributed by atoms with Crippen molar-refractivity contribution >= 4 is 17.1 Å². The normalized spacial score (nSPS) is 14.7. The van der Waals surface area contributed by atoms with E-state index in [2.05, 4.69) is 4.90 Å². The second kappa shape index (κ2) is 8.45. The average molecular weight is 372 g/mol. The molecule has 0 aromatic heterocycles. The molecular weight excluding hydrogens is 352 g/mol. The third-order valence-corrected chi connectivity index (χ3v) is 4.52. The first kappa shape index (κ1) is 18.6. The van der Waals surface area contributed by atoms with Crippen LogP contribution in [0.5, 0.6) is 5.75 Å². The molecule has 0 aliphatic carbocycles. The molecule has 2 aromatic carbocycles. The van der Waals surface area contributed by atoms with Crippen molar-refractivity contribution in [2.45, 2.75) is 0 Å². The van der Waals surface area contributed by atoms with Crippen molar-refractivity contribution in [2.75, 3.05) is 44.2 Å². The van der Waals surface area contributed by atoms with E-state index in [1.54, 1.807) is 36.4 Å². The minimum absolute atomic E-state index is 0.0429. The molecule has 2 aromatic rings. The number of para-hydroxylation sites is 4. The van der Waals surface area contributed by atoms with E-state index in [0.29, 0.717) is 31.9 Å². The Morgan fingerprint density at radius 2 is 1.44 bits per heavy atom. The number of anilines is 1. The van der Waals surface area contributed by atoms with E-state index in [1.807, 2.05) is 4.90 Å². The number of rotatable bonds is 7. The molecule has 142 valence electrons. The minimum atomic E-state index is -0.457.